The Morgan fingerprint density at radius 3 is 2.86 bits per heavy atom. The zero-order valence-corrected chi connectivity index (χ0v) is 13.7. The lowest BCUT2D eigenvalue weighted by molar-refractivity contribution is -0.129. The lowest BCUT2D eigenvalue weighted by atomic mass is 10.1. The quantitative estimate of drug-likeness (QED) is 0.799. The summed E-state index contributed by atoms with van der Waals surface area (Å²) in [6, 6.07) is 0.519. The van der Waals surface area contributed by atoms with Crippen molar-refractivity contribution < 1.29 is 4.79 Å². The summed E-state index contributed by atoms with van der Waals surface area (Å²) < 4.78 is 1.93. The molecule has 6 heteroatoms. The molecule has 1 atom stereocenters. The lowest BCUT2D eigenvalue weighted by Gasteiger charge is -2.25. The van der Waals surface area contributed by atoms with Gasteiger partial charge in [-0.15, -0.1) is 0 Å². The number of hydrogen-bond donors (Lipinski definition) is 0. The van der Waals surface area contributed by atoms with Crippen LogP contribution in [0.15, 0.2) is 6.33 Å². The molecule has 2 fully saturated rings. The SMILES string of the molecule is CCn1ncnc1CN(C)C[C@@H]1CC(=O)N(C2CCCC2)C1. The van der Waals surface area contributed by atoms with E-state index in [9.17, 15) is 4.79 Å². The Kier molecular flexibility index (Phi) is 4.76. The molecule has 122 valence electrons. The predicted molar refractivity (Wildman–Crippen MR) is 84.1 cm³/mol. The van der Waals surface area contributed by atoms with E-state index in [0.717, 1.165) is 32.0 Å². The van der Waals surface area contributed by atoms with Crippen LogP contribution >= 0.6 is 0 Å². The number of carbonyl (C=O) groups excluding carboxylic acids is 1. The maximum absolute atomic E-state index is 12.3. The Hall–Kier alpha value is -1.43. The van der Waals surface area contributed by atoms with Crippen LogP contribution in [0.5, 0.6) is 0 Å². The Balaban J connectivity index is 1.51. The maximum atomic E-state index is 12.3. The van der Waals surface area contributed by atoms with Crippen LogP contribution in [-0.4, -0.2) is 56.7 Å². The molecule has 3 rings (SSSR count). The van der Waals surface area contributed by atoms with Gasteiger partial charge in [-0.1, -0.05) is 12.8 Å². The molecule has 0 unspecified atom stereocenters. The molecule has 1 aromatic heterocycles. The largest absolute Gasteiger partial charge is 0.339 e. The normalized spacial score (nSPS) is 23.1. The van der Waals surface area contributed by atoms with Crippen molar-refractivity contribution in [3.05, 3.63) is 12.2 Å². The van der Waals surface area contributed by atoms with E-state index in [0.29, 0.717) is 24.3 Å². The summed E-state index contributed by atoms with van der Waals surface area (Å²) in [6.07, 6.45) is 7.30. The second-order valence-corrected chi connectivity index (χ2v) is 6.74. The number of amides is 1. The van der Waals surface area contributed by atoms with E-state index in [1.165, 1.54) is 25.7 Å². The van der Waals surface area contributed by atoms with Gasteiger partial charge >= 0.3 is 0 Å². The molecular formula is C16H27N5O. The van der Waals surface area contributed by atoms with Crippen LogP contribution in [0.4, 0.5) is 0 Å². The third-order valence-electron chi connectivity index (χ3n) is 4.98. The highest BCUT2D eigenvalue weighted by Crippen LogP contribution is 2.29. The van der Waals surface area contributed by atoms with Crippen LogP contribution in [0, 0.1) is 5.92 Å². The Labute approximate surface area is 132 Å². The van der Waals surface area contributed by atoms with Crippen molar-refractivity contribution >= 4 is 5.91 Å². The van der Waals surface area contributed by atoms with E-state index in [4.69, 9.17) is 0 Å². The lowest BCUT2D eigenvalue weighted by Crippen LogP contribution is -2.35. The van der Waals surface area contributed by atoms with Gasteiger partial charge in [-0.25, -0.2) is 9.67 Å². The van der Waals surface area contributed by atoms with E-state index in [-0.39, 0.29) is 0 Å². The van der Waals surface area contributed by atoms with Gasteiger partial charge in [-0.2, -0.15) is 5.10 Å². The number of nitrogens with zero attached hydrogens (tertiary/aromatic N) is 5. The van der Waals surface area contributed by atoms with Crippen LogP contribution in [0.2, 0.25) is 0 Å². The summed E-state index contributed by atoms with van der Waals surface area (Å²) in [4.78, 5) is 21.0. The molecule has 1 aliphatic carbocycles. The minimum absolute atomic E-state index is 0.363. The zero-order chi connectivity index (χ0) is 15.5. The molecule has 0 radical (unpaired) electrons. The second kappa shape index (κ2) is 6.77. The van der Waals surface area contributed by atoms with E-state index in [2.05, 4.69) is 33.9 Å². The fourth-order valence-corrected chi connectivity index (χ4v) is 3.92. The standard InChI is InChI=1S/C16H27N5O/c1-3-21-15(17-12-18-21)11-19(2)9-13-8-16(22)20(10-13)14-6-4-5-7-14/h12-14H,3-11H2,1-2H3/t13-/m0/s1. The van der Waals surface area contributed by atoms with Crippen molar-refractivity contribution in [2.24, 2.45) is 5.92 Å². The van der Waals surface area contributed by atoms with E-state index < -0.39 is 0 Å². The number of hydrogen-bond acceptors (Lipinski definition) is 4. The summed E-state index contributed by atoms with van der Waals surface area (Å²) in [5.41, 5.74) is 0. The number of aromatic nitrogens is 3. The van der Waals surface area contributed by atoms with E-state index in [1.54, 1.807) is 6.33 Å². The highest BCUT2D eigenvalue weighted by molar-refractivity contribution is 5.79. The topological polar surface area (TPSA) is 54.3 Å². The number of likely N-dealkylation sites (tertiary alicyclic amines) is 1. The Bertz CT molecular complexity index is 508. The summed E-state index contributed by atoms with van der Waals surface area (Å²) in [7, 11) is 2.11. The molecule has 0 aromatic carbocycles. The maximum Gasteiger partial charge on any atom is 0.223 e. The minimum Gasteiger partial charge on any atom is -0.339 e. The van der Waals surface area contributed by atoms with Crippen molar-refractivity contribution in [1.82, 2.24) is 24.6 Å². The van der Waals surface area contributed by atoms with Crippen molar-refractivity contribution in [3.63, 3.8) is 0 Å². The molecule has 1 aliphatic heterocycles. The Morgan fingerprint density at radius 1 is 1.36 bits per heavy atom. The smallest absolute Gasteiger partial charge is 0.223 e. The van der Waals surface area contributed by atoms with Gasteiger partial charge in [0.05, 0.1) is 6.54 Å². The first-order valence-corrected chi connectivity index (χ1v) is 8.52. The first-order valence-electron chi connectivity index (χ1n) is 8.52. The monoisotopic (exact) mass is 305 g/mol. The summed E-state index contributed by atoms with van der Waals surface area (Å²) >= 11 is 0. The molecule has 1 amide bonds. The van der Waals surface area contributed by atoms with Crippen LogP contribution in [-0.2, 0) is 17.9 Å². The van der Waals surface area contributed by atoms with Crippen molar-refractivity contribution in [1.29, 1.82) is 0 Å². The fourth-order valence-electron chi connectivity index (χ4n) is 3.92. The zero-order valence-electron chi connectivity index (χ0n) is 13.7. The molecule has 1 aromatic rings. The first-order chi connectivity index (χ1) is 10.7. The van der Waals surface area contributed by atoms with Crippen LogP contribution in [0.3, 0.4) is 0 Å². The molecule has 0 bridgehead atoms. The van der Waals surface area contributed by atoms with Gasteiger partial charge in [0.1, 0.15) is 12.2 Å². The summed E-state index contributed by atoms with van der Waals surface area (Å²) in [5.74, 6) is 1.82. The van der Waals surface area contributed by atoms with Gasteiger partial charge < -0.3 is 4.90 Å². The van der Waals surface area contributed by atoms with Gasteiger partial charge in [0.25, 0.3) is 0 Å². The van der Waals surface area contributed by atoms with Gasteiger partial charge in [0.15, 0.2) is 0 Å². The second-order valence-electron chi connectivity index (χ2n) is 6.74. The van der Waals surface area contributed by atoms with Gasteiger partial charge in [-0.05, 0) is 32.7 Å². The average molecular weight is 305 g/mol. The molecular weight excluding hydrogens is 278 g/mol. The minimum atomic E-state index is 0.363. The average Bonchev–Trinajstić information content (AvgIpc) is 3.19. The summed E-state index contributed by atoms with van der Waals surface area (Å²) in [5, 5.41) is 4.21. The molecule has 2 heterocycles. The first kappa shape index (κ1) is 15.5. The molecule has 6 nitrogen and oxygen atoms in total. The van der Waals surface area contributed by atoms with Crippen molar-refractivity contribution in [2.45, 2.75) is 58.2 Å². The van der Waals surface area contributed by atoms with Gasteiger partial charge in [-0.3, -0.25) is 9.69 Å². The molecule has 0 spiro atoms. The van der Waals surface area contributed by atoms with Crippen LogP contribution in [0.25, 0.3) is 0 Å². The molecule has 0 N–H and O–H groups in total. The highest BCUT2D eigenvalue weighted by atomic mass is 16.2. The fraction of sp³-hybridized carbons (Fsp3) is 0.812. The molecule has 2 aliphatic rings. The van der Waals surface area contributed by atoms with Gasteiger partial charge in [0, 0.05) is 32.1 Å². The number of carbonyl (C=O) groups is 1. The van der Waals surface area contributed by atoms with Gasteiger partial charge in [0.2, 0.25) is 5.91 Å². The third-order valence-corrected chi connectivity index (χ3v) is 4.98. The number of aryl methyl sites for hydroxylation is 1. The van der Waals surface area contributed by atoms with Crippen LogP contribution in [0.1, 0.15) is 44.9 Å². The van der Waals surface area contributed by atoms with Crippen molar-refractivity contribution in [2.75, 3.05) is 20.1 Å². The molecule has 22 heavy (non-hydrogen) atoms. The summed E-state index contributed by atoms with van der Waals surface area (Å²) in [6.45, 7) is 5.61. The predicted octanol–water partition coefficient (Wildman–Crippen LogP) is 1.52. The highest BCUT2D eigenvalue weighted by Gasteiger charge is 2.35. The number of rotatable bonds is 6. The Morgan fingerprint density at radius 2 is 2.14 bits per heavy atom. The van der Waals surface area contributed by atoms with E-state index in [1.807, 2.05) is 4.68 Å². The van der Waals surface area contributed by atoms with E-state index >= 15 is 0 Å². The van der Waals surface area contributed by atoms with Crippen molar-refractivity contribution in [3.8, 4) is 0 Å². The van der Waals surface area contributed by atoms with Crippen LogP contribution < -0.4 is 0 Å². The third kappa shape index (κ3) is 3.32. The molecule has 1 saturated heterocycles. The molecule has 1 saturated carbocycles.